The smallest absolute Gasteiger partial charge is 0.168 e. The molecule has 0 N–H and O–H groups in total. The SMILES string of the molecule is CN(C)C1(CCc2ccccc2)CCC2(CC1)OCCO2. The second-order valence-corrected chi connectivity index (χ2v) is 6.71. The van der Waals surface area contributed by atoms with Crippen LogP contribution in [0.15, 0.2) is 30.3 Å². The summed E-state index contributed by atoms with van der Waals surface area (Å²) >= 11 is 0. The van der Waals surface area contributed by atoms with Gasteiger partial charge in [-0.1, -0.05) is 30.3 Å². The van der Waals surface area contributed by atoms with E-state index >= 15 is 0 Å². The normalized spacial score (nSPS) is 23.8. The molecule has 1 aromatic rings. The molecule has 0 unspecified atom stereocenters. The van der Waals surface area contributed by atoms with Crippen molar-refractivity contribution in [3.8, 4) is 0 Å². The summed E-state index contributed by atoms with van der Waals surface area (Å²) in [4.78, 5) is 2.43. The van der Waals surface area contributed by atoms with Crippen LogP contribution in [-0.2, 0) is 15.9 Å². The Morgan fingerprint density at radius 3 is 2.14 bits per heavy atom. The standard InChI is InChI=1S/C18H27NO2/c1-19(2)17(9-8-16-6-4-3-5-7-16)10-12-18(13-11-17)20-14-15-21-18/h3-7H,8-15H2,1-2H3. The molecule has 1 aliphatic carbocycles. The van der Waals surface area contributed by atoms with Gasteiger partial charge in [-0.3, -0.25) is 0 Å². The van der Waals surface area contributed by atoms with E-state index in [1.807, 2.05) is 0 Å². The third-order valence-electron chi connectivity index (χ3n) is 5.43. The molecule has 1 saturated carbocycles. The minimum absolute atomic E-state index is 0.258. The zero-order valence-corrected chi connectivity index (χ0v) is 13.3. The second kappa shape index (κ2) is 6.07. The summed E-state index contributed by atoms with van der Waals surface area (Å²) in [6.07, 6.45) is 6.73. The lowest BCUT2D eigenvalue weighted by Crippen LogP contribution is -2.51. The lowest BCUT2D eigenvalue weighted by atomic mass is 9.74. The monoisotopic (exact) mass is 289 g/mol. The highest BCUT2D eigenvalue weighted by Crippen LogP contribution is 2.44. The fraction of sp³-hybridized carbons (Fsp3) is 0.667. The van der Waals surface area contributed by atoms with Crippen LogP contribution in [0.25, 0.3) is 0 Å². The van der Waals surface area contributed by atoms with Crippen molar-refractivity contribution in [1.82, 2.24) is 4.90 Å². The van der Waals surface area contributed by atoms with Crippen LogP contribution in [0.5, 0.6) is 0 Å². The van der Waals surface area contributed by atoms with Crippen molar-refractivity contribution in [1.29, 1.82) is 0 Å². The van der Waals surface area contributed by atoms with E-state index in [0.29, 0.717) is 0 Å². The van der Waals surface area contributed by atoms with Crippen molar-refractivity contribution in [3.05, 3.63) is 35.9 Å². The zero-order chi connectivity index (χ0) is 14.8. The van der Waals surface area contributed by atoms with Gasteiger partial charge in [0.15, 0.2) is 5.79 Å². The molecule has 1 aliphatic heterocycles. The molecule has 2 aliphatic rings. The van der Waals surface area contributed by atoms with Gasteiger partial charge in [-0.2, -0.15) is 0 Å². The predicted molar refractivity (Wildman–Crippen MR) is 84.3 cm³/mol. The van der Waals surface area contributed by atoms with E-state index < -0.39 is 0 Å². The molecule has 0 radical (unpaired) electrons. The molecule has 3 rings (SSSR count). The highest BCUT2D eigenvalue weighted by molar-refractivity contribution is 5.15. The van der Waals surface area contributed by atoms with Crippen LogP contribution in [-0.4, -0.2) is 43.5 Å². The summed E-state index contributed by atoms with van der Waals surface area (Å²) in [7, 11) is 4.44. The Balaban J connectivity index is 1.64. The van der Waals surface area contributed by atoms with E-state index in [1.54, 1.807) is 0 Å². The first-order chi connectivity index (χ1) is 10.1. The fourth-order valence-electron chi connectivity index (χ4n) is 3.82. The average Bonchev–Trinajstić information content (AvgIpc) is 2.96. The third-order valence-corrected chi connectivity index (χ3v) is 5.43. The molecule has 1 heterocycles. The summed E-state index contributed by atoms with van der Waals surface area (Å²) in [6.45, 7) is 1.53. The second-order valence-electron chi connectivity index (χ2n) is 6.71. The molecule has 3 heteroatoms. The number of rotatable bonds is 4. The Bertz CT molecular complexity index is 442. The largest absolute Gasteiger partial charge is 0.348 e. The minimum Gasteiger partial charge on any atom is -0.348 e. The summed E-state index contributed by atoms with van der Waals surface area (Å²) in [6, 6.07) is 10.8. The maximum Gasteiger partial charge on any atom is 0.168 e. The Morgan fingerprint density at radius 1 is 0.952 bits per heavy atom. The molecular weight excluding hydrogens is 262 g/mol. The van der Waals surface area contributed by atoms with Crippen molar-refractivity contribution in [2.45, 2.75) is 49.9 Å². The number of hydrogen-bond acceptors (Lipinski definition) is 3. The maximum absolute atomic E-state index is 5.88. The van der Waals surface area contributed by atoms with Crippen molar-refractivity contribution >= 4 is 0 Å². The van der Waals surface area contributed by atoms with Crippen molar-refractivity contribution in [2.75, 3.05) is 27.3 Å². The number of aryl methyl sites for hydroxylation is 1. The van der Waals surface area contributed by atoms with Crippen LogP contribution in [0.1, 0.15) is 37.7 Å². The fourth-order valence-corrected chi connectivity index (χ4v) is 3.82. The molecular formula is C18H27NO2. The van der Waals surface area contributed by atoms with Crippen LogP contribution < -0.4 is 0 Å². The van der Waals surface area contributed by atoms with Crippen LogP contribution >= 0.6 is 0 Å². The van der Waals surface area contributed by atoms with E-state index in [-0.39, 0.29) is 11.3 Å². The summed E-state index contributed by atoms with van der Waals surface area (Å²) in [5.74, 6) is -0.258. The van der Waals surface area contributed by atoms with E-state index in [9.17, 15) is 0 Å². The van der Waals surface area contributed by atoms with Gasteiger partial charge >= 0.3 is 0 Å². The van der Waals surface area contributed by atoms with Gasteiger partial charge in [0.1, 0.15) is 0 Å². The quantitative estimate of drug-likeness (QED) is 0.849. The Hall–Kier alpha value is -0.900. The van der Waals surface area contributed by atoms with Gasteiger partial charge in [0.25, 0.3) is 0 Å². The van der Waals surface area contributed by atoms with Crippen molar-refractivity contribution in [3.63, 3.8) is 0 Å². The molecule has 1 aromatic carbocycles. The van der Waals surface area contributed by atoms with E-state index in [2.05, 4.69) is 49.3 Å². The summed E-state index contributed by atoms with van der Waals surface area (Å²) in [5.41, 5.74) is 1.73. The Morgan fingerprint density at radius 2 is 1.57 bits per heavy atom. The molecule has 2 fully saturated rings. The first-order valence-electron chi connectivity index (χ1n) is 8.14. The van der Waals surface area contributed by atoms with Crippen molar-refractivity contribution in [2.24, 2.45) is 0 Å². The van der Waals surface area contributed by atoms with E-state index in [4.69, 9.17) is 9.47 Å². The molecule has 1 saturated heterocycles. The Kier molecular flexibility index (Phi) is 4.34. The van der Waals surface area contributed by atoms with Gasteiger partial charge in [-0.15, -0.1) is 0 Å². The average molecular weight is 289 g/mol. The van der Waals surface area contributed by atoms with Gasteiger partial charge in [0, 0.05) is 18.4 Å². The summed E-state index contributed by atoms with van der Waals surface area (Å²) in [5, 5.41) is 0. The van der Waals surface area contributed by atoms with E-state index in [0.717, 1.165) is 45.3 Å². The molecule has 1 spiro atoms. The predicted octanol–water partition coefficient (Wildman–Crippen LogP) is 3.24. The number of hydrogen-bond donors (Lipinski definition) is 0. The topological polar surface area (TPSA) is 21.7 Å². The van der Waals surface area contributed by atoms with E-state index in [1.165, 1.54) is 12.0 Å². The Labute approximate surface area is 128 Å². The minimum atomic E-state index is -0.258. The molecule has 0 atom stereocenters. The number of benzene rings is 1. The molecule has 3 nitrogen and oxygen atoms in total. The number of ether oxygens (including phenoxy) is 2. The van der Waals surface area contributed by atoms with Gasteiger partial charge in [-0.25, -0.2) is 0 Å². The van der Waals surface area contributed by atoms with Crippen LogP contribution in [0, 0.1) is 0 Å². The van der Waals surface area contributed by atoms with Crippen LogP contribution in [0.2, 0.25) is 0 Å². The zero-order valence-electron chi connectivity index (χ0n) is 13.3. The first-order valence-corrected chi connectivity index (χ1v) is 8.14. The maximum atomic E-state index is 5.88. The van der Waals surface area contributed by atoms with Gasteiger partial charge in [-0.05, 0) is 45.3 Å². The van der Waals surface area contributed by atoms with Crippen molar-refractivity contribution < 1.29 is 9.47 Å². The highest BCUT2D eigenvalue weighted by atomic mass is 16.7. The third kappa shape index (κ3) is 3.15. The van der Waals surface area contributed by atoms with Gasteiger partial charge < -0.3 is 14.4 Å². The molecule has 0 amide bonds. The van der Waals surface area contributed by atoms with Crippen LogP contribution in [0.4, 0.5) is 0 Å². The van der Waals surface area contributed by atoms with Crippen LogP contribution in [0.3, 0.4) is 0 Å². The highest BCUT2D eigenvalue weighted by Gasteiger charge is 2.46. The number of nitrogens with zero attached hydrogens (tertiary/aromatic N) is 1. The molecule has 116 valence electrons. The molecule has 21 heavy (non-hydrogen) atoms. The molecule has 0 bridgehead atoms. The lowest BCUT2D eigenvalue weighted by Gasteiger charge is -2.47. The van der Waals surface area contributed by atoms with Gasteiger partial charge in [0.2, 0.25) is 0 Å². The lowest BCUT2D eigenvalue weighted by molar-refractivity contribution is -0.192. The first kappa shape index (κ1) is 15.0. The summed E-state index contributed by atoms with van der Waals surface area (Å²) < 4.78 is 11.8. The van der Waals surface area contributed by atoms with Gasteiger partial charge in [0.05, 0.1) is 13.2 Å². The molecule has 0 aromatic heterocycles.